The second-order valence-electron chi connectivity index (χ2n) is 4.16. The molecule has 3 nitrogen and oxygen atoms in total. The van der Waals surface area contributed by atoms with Gasteiger partial charge in [-0.2, -0.15) is 0 Å². The molecular formula is C15H12N2O. The first-order valence-electron chi connectivity index (χ1n) is 5.68. The van der Waals surface area contributed by atoms with Gasteiger partial charge < -0.3 is 10.8 Å². The van der Waals surface area contributed by atoms with Gasteiger partial charge in [-0.25, -0.2) is 0 Å². The van der Waals surface area contributed by atoms with Crippen LogP contribution in [0.4, 0.5) is 5.69 Å². The van der Waals surface area contributed by atoms with Crippen LogP contribution in [0.15, 0.2) is 54.7 Å². The van der Waals surface area contributed by atoms with Crippen molar-refractivity contribution in [3.05, 3.63) is 54.7 Å². The predicted octanol–water partition coefficient (Wildman–Crippen LogP) is 3.19. The van der Waals surface area contributed by atoms with E-state index in [2.05, 4.69) is 4.98 Å². The van der Waals surface area contributed by atoms with Crippen molar-refractivity contribution in [2.45, 2.75) is 0 Å². The maximum absolute atomic E-state index is 9.81. The highest BCUT2D eigenvalue weighted by atomic mass is 16.3. The molecule has 0 bridgehead atoms. The number of nitrogens with zero attached hydrogens (tertiary/aromatic N) is 1. The molecule has 0 saturated carbocycles. The Hall–Kier alpha value is -2.55. The predicted molar refractivity (Wildman–Crippen MR) is 73.3 cm³/mol. The van der Waals surface area contributed by atoms with E-state index in [0.717, 1.165) is 22.2 Å². The minimum absolute atomic E-state index is 0.193. The number of benzene rings is 2. The lowest BCUT2D eigenvalue weighted by Gasteiger charge is -2.08. The molecule has 0 aliphatic rings. The SMILES string of the molecule is Nc1cccc(-c2ccc(O)c3ncccc23)c1. The second kappa shape index (κ2) is 4.04. The number of rotatable bonds is 1. The Kier molecular flexibility index (Phi) is 2.38. The summed E-state index contributed by atoms with van der Waals surface area (Å²) >= 11 is 0. The van der Waals surface area contributed by atoms with Crippen LogP contribution in [-0.2, 0) is 0 Å². The smallest absolute Gasteiger partial charge is 0.141 e. The fraction of sp³-hybridized carbons (Fsp3) is 0. The number of pyridine rings is 1. The monoisotopic (exact) mass is 236 g/mol. The Morgan fingerprint density at radius 1 is 1.00 bits per heavy atom. The fourth-order valence-electron chi connectivity index (χ4n) is 2.12. The number of hydrogen-bond acceptors (Lipinski definition) is 3. The van der Waals surface area contributed by atoms with Crippen molar-refractivity contribution in [1.29, 1.82) is 0 Å². The average molecular weight is 236 g/mol. The van der Waals surface area contributed by atoms with Crippen molar-refractivity contribution in [1.82, 2.24) is 4.98 Å². The highest BCUT2D eigenvalue weighted by Gasteiger charge is 2.07. The van der Waals surface area contributed by atoms with Crippen LogP contribution in [0, 0.1) is 0 Å². The maximum atomic E-state index is 9.81. The fourth-order valence-corrected chi connectivity index (χ4v) is 2.12. The van der Waals surface area contributed by atoms with Crippen LogP contribution in [0.5, 0.6) is 5.75 Å². The van der Waals surface area contributed by atoms with Gasteiger partial charge >= 0.3 is 0 Å². The molecule has 3 heteroatoms. The van der Waals surface area contributed by atoms with Crippen LogP contribution in [-0.4, -0.2) is 10.1 Å². The topological polar surface area (TPSA) is 59.1 Å². The molecule has 3 rings (SSSR count). The van der Waals surface area contributed by atoms with Crippen molar-refractivity contribution in [2.75, 3.05) is 5.73 Å². The minimum Gasteiger partial charge on any atom is -0.506 e. The van der Waals surface area contributed by atoms with E-state index < -0.39 is 0 Å². The van der Waals surface area contributed by atoms with Crippen molar-refractivity contribution < 1.29 is 5.11 Å². The standard InChI is InChI=1S/C15H12N2O/c16-11-4-1-3-10(9-11)12-6-7-14(18)15-13(12)5-2-8-17-15/h1-9,18H,16H2. The summed E-state index contributed by atoms with van der Waals surface area (Å²) in [4.78, 5) is 4.21. The van der Waals surface area contributed by atoms with Gasteiger partial charge in [0.25, 0.3) is 0 Å². The molecular weight excluding hydrogens is 224 g/mol. The first-order chi connectivity index (χ1) is 8.75. The zero-order chi connectivity index (χ0) is 12.5. The van der Waals surface area contributed by atoms with Gasteiger partial charge in [0.1, 0.15) is 11.3 Å². The first kappa shape index (κ1) is 10.6. The molecule has 3 N–H and O–H groups in total. The van der Waals surface area contributed by atoms with E-state index in [0.29, 0.717) is 5.52 Å². The zero-order valence-corrected chi connectivity index (χ0v) is 9.67. The molecule has 3 aromatic rings. The number of nitrogen functional groups attached to an aromatic ring is 1. The van der Waals surface area contributed by atoms with E-state index in [4.69, 9.17) is 5.73 Å². The summed E-state index contributed by atoms with van der Waals surface area (Å²) in [5, 5.41) is 10.7. The summed E-state index contributed by atoms with van der Waals surface area (Å²) in [7, 11) is 0. The van der Waals surface area contributed by atoms with Crippen LogP contribution in [0.2, 0.25) is 0 Å². The Balaban J connectivity index is 2.33. The lowest BCUT2D eigenvalue weighted by atomic mass is 10.00. The van der Waals surface area contributed by atoms with E-state index in [9.17, 15) is 5.11 Å². The number of aromatic hydroxyl groups is 1. The van der Waals surface area contributed by atoms with E-state index in [1.807, 2.05) is 42.5 Å². The molecule has 0 radical (unpaired) electrons. The first-order valence-corrected chi connectivity index (χ1v) is 5.68. The van der Waals surface area contributed by atoms with E-state index in [-0.39, 0.29) is 5.75 Å². The van der Waals surface area contributed by atoms with Crippen LogP contribution in [0.3, 0.4) is 0 Å². The van der Waals surface area contributed by atoms with E-state index in [1.165, 1.54) is 0 Å². The molecule has 88 valence electrons. The number of nitrogens with two attached hydrogens (primary N) is 1. The highest BCUT2D eigenvalue weighted by Crippen LogP contribution is 2.32. The Morgan fingerprint density at radius 3 is 2.72 bits per heavy atom. The molecule has 0 spiro atoms. The van der Waals surface area contributed by atoms with Gasteiger partial charge in [-0.1, -0.05) is 18.2 Å². The second-order valence-corrected chi connectivity index (χ2v) is 4.16. The maximum Gasteiger partial charge on any atom is 0.141 e. The summed E-state index contributed by atoms with van der Waals surface area (Å²) in [6.45, 7) is 0. The van der Waals surface area contributed by atoms with Crippen LogP contribution in [0.25, 0.3) is 22.0 Å². The van der Waals surface area contributed by atoms with E-state index >= 15 is 0 Å². The van der Waals surface area contributed by atoms with Crippen LogP contribution < -0.4 is 5.73 Å². The number of aromatic nitrogens is 1. The van der Waals surface area contributed by atoms with Crippen molar-refractivity contribution in [3.63, 3.8) is 0 Å². The summed E-state index contributed by atoms with van der Waals surface area (Å²) < 4.78 is 0. The quantitative estimate of drug-likeness (QED) is 0.638. The van der Waals surface area contributed by atoms with Crippen molar-refractivity contribution in [2.24, 2.45) is 0 Å². The Labute approximate surface area is 105 Å². The molecule has 0 amide bonds. The summed E-state index contributed by atoms with van der Waals surface area (Å²) in [5.41, 5.74) is 9.17. The van der Waals surface area contributed by atoms with Gasteiger partial charge in [0, 0.05) is 17.3 Å². The number of phenolic OH excluding ortho intramolecular Hbond substituents is 1. The normalized spacial score (nSPS) is 10.7. The molecule has 0 fully saturated rings. The van der Waals surface area contributed by atoms with Gasteiger partial charge in [0.15, 0.2) is 0 Å². The van der Waals surface area contributed by atoms with Gasteiger partial charge in [-0.15, -0.1) is 0 Å². The van der Waals surface area contributed by atoms with E-state index in [1.54, 1.807) is 12.3 Å². The molecule has 2 aromatic carbocycles. The Morgan fingerprint density at radius 2 is 1.89 bits per heavy atom. The van der Waals surface area contributed by atoms with Crippen molar-refractivity contribution >= 4 is 16.6 Å². The lowest BCUT2D eigenvalue weighted by molar-refractivity contribution is 0.480. The number of fused-ring (bicyclic) bond motifs is 1. The van der Waals surface area contributed by atoms with Crippen molar-refractivity contribution in [3.8, 4) is 16.9 Å². The largest absolute Gasteiger partial charge is 0.506 e. The minimum atomic E-state index is 0.193. The van der Waals surface area contributed by atoms with Gasteiger partial charge in [-0.3, -0.25) is 4.98 Å². The van der Waals surface area contributed by atoms with Gasteiger partial charge in [0.2, 0.25) is 0 Å². The lowest BCUT2D eigenvalue weighted by Crippen LogP contribution is -1.87. The highest BCUT2D eigenvalue weighted by molar-refractivity contribution is 5.97. The Bertz CT molecular complexity index is 723. The molecule has 18 heavy (non-hydrogen) atoms. The molecule has 0 atom stereocenters. The third-order valence-corrected chi connectivity index (χ3v) is 2.95. The van der Waals surface area contributed by atoms with Gasteiger partial charge in [-0.05, 0) is 41.5 Å². The molecule has 0 aliphatic carbocycles. The molecule has 0 aliphatic heterocycles. The molecule has 0 saturated heterocycles. The summed E-state index contributed by atoms with van der Waals surface area (Å²) in [6.07, 6.45) is 1.67. The third kappa shape index (κ3) is 1.66. The third-order valence-electron chi connectivity index (χ3n) is 2.95. The molecule has 1 aromatic heterocycles. The van der Waals surface area contributed by atoms with Gasteiger partial charge in [0.05, 0.1) is 0 Å². The number of anilines is 1. The molecule has 0 unspecified atom stereocenters. The van der Waals surface area contributed by atoms with Crippen LogP contribution in [0.1, 0.15) is 0 Å². The average Bonchev–Trinajstić information content (AvgIpc) is 2.39. The number of phenols is 1. The molecule has 1 heterocycles. The number of hydrogen-bond donors (Lipinski definition) is 2. The zero-order valence-electron chi connectivity index (χ0n) is 9.67. The van der Waals surface area contributed by atoms with Crippen LogP contribution >= 0.6 is 0 Å². The summed E-state index contributed by atoms with van der Waals surface area (Å²) in [6, 6.07) is 15.0. The summed E-state index contributed by atoms with van der Waals surface area (Å²) in [5.74, 6) is 0.193.